The van der Waals surface area contributed by atoms with Crippen LogP contribution in [0.2, 0.25) is 0 Å². The van der Waals surface area contributed by atoms with Crippen LogP contribution in [0.4, 0.5) is 5.69 Å². The van der Waals surface area contributed by atoms with Crippen LogP contribution in [0.1, 0.15) is 27.0 Å². The van der Waals surface area contributed by atoms with Gasteiger partial charge in [0.2, 0.25) is 5.91 Å². The summed E-state index contributed by atoms with van der Waals surface area (Å²) in [7, 11) is -3.79. The molecular weight excluding hydrogens is 300 g/mol. The first-order chi connectivity index (χ1) is 10.2. The second-order valence-corrected chi connectivity index (χ2v) is 6.90. The van der Waals surface area contributed by atoms with E-state index in [0.29, 0.717) is 11.3 Å². The van der Waals surface area contributed by atoms with Crippen LogP contribution in [0.15, 0.2) is 41.3 Å². The summed E-state index contributed by atoms with van der Waals surface area (Å²) in [5.74, 6) is -0.651. The van der Waals surface area contributed by atoms with Crippen LogP contribution < -0.4 is 10.5 Å². The van der Waals surface area contributed by atoms with E-state index in [4.69, 9.17) is 5.73 Å². The number of hydrogen-bond acceptors (Lipinski definition) is 3. The van der Waals surface area contributed by atoms with Crippen molar-refractivity contribution in [3.05, 3.63) is 58.7 Å². The van der Waals surface area contributed by atoms with Crippen molar-refractivity contribution in [3.8, 4) is 0 Å². The molecule has 2 rings (SSSR count). The number of benzene rings is 2. The fourth-order valence-electron chi connectivity index (χ4n) is 2.20. The maximum atomic E-state index is 12.5. The number of para-hydroxylation sites is 1. The van der Waals surface area contributed by atoms with Gasteiger partial charge in [-0.15, -0.1) is 0 Å². The van der Waals surface area contributed by atoms with E-state index < -0.39 is 15.9 Å². The standard InChI is InChI=1S/C16H18N2O3S/c1-10-7-8-13(9-14(10)16(17)19)22(20,21)18-15-11(2)5-4-6-12(15)3/h4-9,18H,1-3H3,(H2,17,19). The van der Waals surface area contributed by atoms with Crippen LogP contribution in [0.3, 0.4) is 0 Å². The highest BCUT2D eigenvalue weighted by atomic mass is 32.2. The number of nitrogens with one attached hydrogen (secondary N) is 1. The molecule has 1 amide bonds. The Bertz CT molecular complexity index is 822. The lowest BCUT2D eigenvalue weighted by Crippen LogP contribution is -2.17. The molecule has 116 valence electrons. The second kappa shape index (κ2) is 5.81. The van der Waals surface area contributed by atoms with E-state index in [1.807, 2.05) is 32.0 Å². The maximum Gasteiger partial charge on any atom is 0.261 e. The lowest BCUT2D eigenvalue weighted by Gasteiger charge is -2.14. The van der Waals surface area contributed by atoms with Crippen molar-refractivity contribution in [2.24, 2.45) is 5.73 Å². The minimum Gasteiger partial charge on any atom is -0.366 e. The van der Waals surface area contributed by atoms with Gasteiger partial charge in [0.1, 0.15) is 0 Å². The molecule has 0 unspecified atom stereocenters. The third-order valence-corrected chi connectivity index (χ3v) is 4.85. The lowest BCUT2D eigenvalue weighted by atomic mass is 10.1. The molecular formula is C16H18N2O3S. The summed E-state index contributed by atoms with van der Waals surface area (Å²) >= 11 is 0. The molecule has 0 aliphatic heterocycles. The summed E-state index contributed by atoms with van der Waals surface area (Å²) in [5, 5.41) is 0. The molecule has 0 saturated heterocycles. The molecule has 0 radical (unpaired) electrons. The van der Waals surface area contributed by atoms with Crippen LogP contribution in [0.5, 0.6) is 0 Å². The fourth-order valence-corrected chi connectivity index (χ4v) is 3.43. The largest absolute Gasteiger partial charge is 0.366 e. The predicted octanol–water partition coefficient (Wildman–Crippen LogP) is 2.51. The number of nitrogens with two attached hydrogens (primary N) is 1. The van der Waals surface area contributed by atoms with Crippen LogP contribution in [-0.2, 0) is 10.0 Å². The molecule has 22 heavy (non-hydrogen) atoms. The third kappa shape index (κ3) is 3.12. The SMILES string of the molecule is Cc1ccc(S(=O)(=O)Nc2c(C)cccc2C)cc1C(N)=O. The summed E-state index contributed by atoms with van der Waals surface area (Å²) in [4.78, 5) is 11.4. The monoisotopic (exact) mass is 318 g/mol. The first-order valence-electron chi connectivity index (χ1n) is 6.72. The maximum absolute atomic E-state index is 12.5. The number of aryl methyl sites for hydroxylation is 3. The first-order valence-corrected chi connectivity index (χ1v) is 8.20. The average Bonchev–Trinajstić information content (AvgIpc) is 2.43. The summed E-state index contributed by atoms with van der Waals surface area (Å²) in [6.45, 7) is 5.36. The van der Waals surface area contributed by atoms with Gasteiger partial charge in [0.25, 0.3) is 10.0 Å². The summed E-state index contributed by atoms with van der Waals surface area (Å²) in [6.07, 6.45) is 0. The highest BCUT2D eigenvalue weighted by molar-refractivity contribution is 7.92. The van der Waals surface area contributed by atoms with E-state index in [-0.39, 0.29) is 10.5 Å². The molecule has 0 spiro atoms. The van der Waals surface area contributed by atoms with Crippen LogP contribution in [0, 0.1) is 20.8 Å². The Kier molecular flexibility index (Phi) is 4.23. The molecule has 0 aliphatic carbocycles. The number of carbonyl (C=O) groups excluding carboxylic acids is 1. The average molecular weight is 318 g/mol. The Morgan fingerprint density at radius 1 is 1.00 bits per heavy atom. The van der Waals surface area contributed by atoms with Crippen LogP contribution >= 0.6 is 0 Å². The minimum absolute atomic E-state index is 0.00885. The zero-order chi connectivity index (χ0) is 16.5. The molecule has 2 aromatic carbocycles. The normalized spacial score (nSPS) is 11.2. The van der Waals surface area contributed by atoms with Crippen molar-refractivity contribution < 1.29 is 13.2 Å². The summed E-state index contributed by atoms with van der Waals surface area (Å²) in [5.41, 5.74) is 8.30. The quantitative estimate of drug-likeness (QED) is 0.907. The molecule has 0 bridgehead atoms. The van der Waals surface area contributed by atoms with Gasteiger partial charge in [-0.1, -0.05) is 24.3 Å². The van der Waals surface area contributed by atoms with Gasteiger partial charge in [-0.3, -0.25) is 9.52 Å². The zero-order valence-corrected chi connectivity index (χ0v) is 13.5. The molecule has 6 heteroatoms. The predicted molar refractivity (Wildman–Crippen MR) is 86.4 cm³/mol. The van der Waals surface area contributed by atoms with Crippen molar-refractivity contribution in [2.75, 3.05) is 4.72 Å². The van der Waals surface area contributed by atoms with Gasteiger partial charge >= 0.3 is 0 Å². The highest BCUT2D eigenvalue weighted by Crippen LogP contribution is 2.24. The lowest BCUT2D eigenvalue weighted by molar-refractivity contribution is 0.0999. The number of anilines is 1. The third-order valence-electron chi connectivity index (χ3n) is 3.50. The summed E-state index contributed by atoms with van der Waals surface area (Å²) in [6, 6.07) is 9.84. The molecule has 0 atom stereocenters. The van der Waals surface area contributed by atoms with Crippen LogP contribution in [-0.4, -0.2) is 14.3 Å². The number of hydrogen-bond donors (Lipinski definition) is 2. The number of sulfonamides is 1. The van der Waals surface area contributed by atoms with Gasteiger partial charge in [0, 0.05) is 5.56 Å². The summed E-state index contributed by atoms with van der Waals surface area (Å²) < 4.78 is 27.6. The Labute approximate surface area is 130 Å². The molecule has 3 N–H and O–H groups in total. The molecule has 0 aromatic heterocycles. The highest BCUT2D eigenvalue weighted by Gasteiger charge is 2.18. The zero-order valence-electron chi connectivity index (χ0n) is 12.7. The van der Waals surface area contributed by atoms with Crippen LogP contribution in [0.25, 0.3) is 0 Å². The van der Waals surface area contributed by atoms with E-state index in [0.717, 1.165) is 11.1 Å². The number of rotatable bonds is 4. The number of carbonyl (C=O) groups is 1. The topological polar surface area (TPSA) is 89.3 Å². The van der Waals surface area contributed by atoms with Crippen molar-refractivity contribution in [2.45, 2.75) is 25.7 Å². The molecule has 0 aliphatic rings. The van der Waals surface area contributed by atoms with Gasteiger partial charge in [-0.05, 0) is 49.6 Å². The van der Waals surface area contributed by atoms with Gasteiger partial charge < -0.3 is 5.73 Å². The Balaban J connectivity index is 2.48. The molecule has 5 nitrogen and oxygen atoms in total. The van der Waals surface area contributed by atoms with E-state index in [1.165, 1.54) is 12.1 Å². The second-order valence-electron chi connectivity index (χ2n) is 5.21. The van der Waals surface area contributed by atoms with Crippen molar-refractivity contribution in [1.82, 2.24) is 0 Å². The first kappa shape index (κ1) is 16.0. The van der Waals surface area contributed by atoms with E-state index in [1.54, 1.807) is 13.0 Å². The van der Waals surface area contributed by atoms with E-state index in [2.05, 4.69) is 4.72 Å². The molecule has 2 aromatic rings. The Hall–Kier alpha value is -2.34. The van der Waals surface area contributed by atoms with E-state index >= 15 is 0 Å². The minimum atomic E-state index is -3.79. The molecule has 0 fully saturated rings. The van der Waals surface area contributed by atoms with Crippen molar-refractivity contribution in [3.63, 3.8) is 0 Å². The Morgan fingerprint density at radius 2 is 1.59 bits per heavy atom. The smallest absolute Gasteiger partial charge is 0.261 e. The van der Waals surface area contributed by atoms with Gasteiger partial charge in [-0.25, -0.2) is 8.42 Å². The van der Waals surface area contributed by atoms with Gasteiger partial charge in [-0.2, -0.15) is 0 Å². The Morgan fingerprint density at radius 3 is 2.14 bits per heavy atom. The van der Waals surface area contributed by atoms with E-state index in [9.17, 15) is 13.2 Å². The number of primary amides is 1. The van der Waals surface area contributed by atoms with Crippen molar-refractivity contribution in [1.29, 1.82) is 0 Å². The van der Waals surface area contributed by atoms with Crippen molar-refractivity contribution >= 4 is 21.6 Å². The fraction of sp³-hybridized carbons (Fsp3) is 0.188. The molecule has 0 saturated carbocycles. The number of amides is 1. The van der Waals surface area contributed by atoms with Gasteiger partial charge in [0.15, 0.2) is 0 Å². The van der Waals surface area contributed by atoms with Gasteiger partial charge in [0.05, 0.1) is 10.6 Å². The molecule has 0 heterocycles.